The van der Waals surface area contributed by atoms with Gasteiger partial charge in [0, 0.05) is 0 Å². The number of nitrogens with zero attached hydrogens (tertiary/aromatic N) is 1. The summed E-state index contributed by atoms with van der Waals surface area (Å²) in [5, 5.41) is 9.15. The molecule has 0 spiro atoms. The summed E-state index contributed by atoms with van der Waals surface area (Å²) >= 11 is 5.96. The average molecular weight is 226 g/mol. The molecule has 0 aliphatic rings. The van der Waals surface area contributed by atoms with Crippen LogP contribution in [0, 0.1) is 11.3 Å². The van der Waals surface area contributed by atoms with Crippen LogP contribution < -0.4 is 4.43 Å². The molecule has 0 bridgehead atoms. The first-order valence-electron chi connectivity index (χ1n) is 4.31. The molecule has 0 saturated heterocycles. The molecule has 1 aromatic rings. The van der Waals surface area contributed by atoms with Crippen molar-refractivity contribution in [2.24, 2.45) is 0 Å². The lowest BCUT2D eigenvalue weighted by Crippen LogP contribution is -2.29. The van der Waals surface area contributed by atoms with Crippen LogP contribution in [0.1, 0.15) is 5.56 Å². The Labute approximate surface area is 90.2 Å². The van der Waals surface area contributed by atoms with Gasteiger partial charge in [-0.2, -0.15) is 5.26 Å². The van der Waals surface area contributed by atoms with E-state index in [1.54, 1.807) is 18.2 Å². The standard InChI is InChI=1S/C10H12ClNOSi/c1-14(2,3)13-10-5-4-8(7-12)6-9(10)11/h4-6H,1-3H3. The van der Waals surface area contributed by atoms with Gasteiger partial charge in [-0.3, -0.25) is 0 Å². The van der Waals surface area contributed by atoms with Crippen molar-refractivity contribution in [1.82, 2.24) is 0 Å². The van der Waals surface area contributed by atoms with Crippen molar-refractivity contribution in [1.29, 1.82) is 5.26 Å². The highest BCUT2D eigenvalue weighted by Gasteiger charge is 2.17. The number of hydrogen-bond donors (Lipinski definition) is 0. The Morgan fingerprint density at radius 1 is 1.36 bits per heavy atom. The lowest BCUT2D eigenvalue weighted by molar-refractivity contribution is 0.558. The molecule has 1 aromatic carbocycles. The van der Waals surface area contributed by atoms with Crippen molar-refractivity contribution in [2.45, 2.75) is 19.6 Å². The molecule has 74 valence electrons. The molecule has 0 saturated carbocycles. The van der Waals surface area contributed by atoms with Crippen LogP contribution >= 0.6 is 11.6 Å². The van der Waals surface area contributed by atoms with Gasteiger partial charge >= 0.3 is 0 Å². The Balaban J connectivity index is 2.97. The third-order valence-corrected chi connectivity index (χ3v) is 2.60. The van der Waals surface area contributed by atoms with Gasteiger partial charge in [-0.15, -0.1) is 0 Å². The molecule has 2 nitrogen and oxygen atoms in total. The average Bonchev–Trinajstić information content (AvgIpc) is 2.06. The fourth-order valence-electron chi connectivity index (χ4n) is 0.983. The Bertz CT molecular complexity index is 379. The van der Waals surface area contributed by atoms with Gasteiger partial charge in [0.2, 0.25) is 8.32 Å². The molecular formula is C10H12ClNOSi. The number of nitriles is 1. The van der Waals surface area contributed by atoms with Crippen molar-refractivity contribution in [2.75, 3.05) is 0 Å². The van der Waals surface area contributed by atoms with E-state index >= 15 is 0 Å². The fraction of sp³-hybridized carbons (Fsp3) is 0.300. The summed E-state index contributed by atoms with van der Waals surface area (Å²) in [4.78, 5) is 0. The van der Waals surface area contributed by atoms with Crippen LogP contribution in [0.15, 0.2) is 18.2 Å². The topological polar surface area (TPSA) is 33.0 Å². The summed E-state index contributed by atoms with van der Waals surface area (Å²) in [6, 6.07) is 7.11. The van der Waals surface area contributed by atoms with Gasteiger partial charge < -0.3 is 4.43 Å². The SMILES string of the molecule is C[Si](C)(C)Oc1ccc(C#N)cc1Cl. The largest absolute Gasteiger partial charge is 0.543 e. The van der Waals surface area contributed by atoms with E-state index in [2.05, 4.69) is 19.6 Å². The molecule has 0 heterocycles. The third-order valence-electron chi connectivity index (χ3n) is 1.48. The van der Waals surface area contributed by atoms with Crippen LogP contribution in [0.4, 0.5) is 0 Å². The smallest absolute Gasteiger partial charge is 0.242 e. The van der Waals surface area contributed by atoms with E-state index in [-0.39, 0.29) is 0 Å². The molecule has 4 heteroatoms. The first kappa shape index (κ1) is 11.1. The third kappa shape index (κ3) is 3.06. The highest BCUT2D eigenvalue weighted by atomic mass is 35.5. The van der Waals surface area contributed by atoms with Crippen molar-refractivity contribution in [3.05, 3.63) is 28.8 Å². The summed E-state index contributed by atoms with van der Waals surface area (Å²) < 4.78 is 5.73. The summed E-state index contributed by atoms with van der Waals surface area (Å²) in [6.45, 7) is 6.25. The second kappa shape index (κ2) is 4.03. The fourth-order valence-corrected chi connectivity index (χ4v) is 2.10. The first-order chi connectivity index (χ1) is 6.42. The molecular weight excluding hydrogens is 214 g/mol. The normalized spacial score (nSPS) is 10.8. The summed E-state index contributed by atoms with van der Waals surface area (Å²) in [6.07, 6.45) is 0. The molecule has 0 aliphatic heterocycles. The van der Waals surface area contributed by atoms with Crippen LogP contribution in [0.5, 0.6) is 5.75 Å². The Morgan fingerprint density at radius 3 is 2.43 bits per heavy atom. The zero-order valence-electron chi connectivity index (χ0n) is 8.47. The second-order valence-corrected chi connectivity index (χ2v) is 8.81. The first-order valence-corrected chi connectivity index (χ1v) is 8.10. The van der Waals surface area contributed by atoms with Gasteiger partial charge in [0.15, 0.2) is 0 Å². The zero-order chi connectivity index (χ0) is 10.8. The van der Waals surface area contributed by atoms with Gasteiger partial charge in [0.1, 0.15) is 5.75 Å². The summed E-state index contributed by atoms with van der Waals surface area (Å²) in [5.41, 5.74) is 0.554. The van der Waals surface area contributed by atoms with E-state index in [0.717, 1.165) is 0 Å². The Morgan fingerprint density at radius 2 is 2.00 bits per heavy atom. The Hall–Kier alpha value is -0.983. The summed E-state index contributed by atoms with van der Waals surface area (Å²) in [5.74, 6) is 0.671. The van der Waals surface area contributed by atoms with Crippen LogP contribution in [-0.4, -0.2) is 8.32 Å². The minimum absolute atomic E-state index is 0.506. The number of rotatable bonds is 2. The maximum atomic E-state index is 8.64. The van der Waals surface area contributed by atoms with Crippen LogP contribution in [0.2, 0.25) is 24.7 Å². The monoisotopic (exact) mass is 225 g/mol. The lowest BCUT2D eigenvalue weighted by atomic mass is 10.2. The summed E-state index contributed by atoms with van der Waals surface area (Å²) in [7, 11) is -1.62. The van der Waals surface area contributed by atoms with Crippen molar-refractivity contribution in [3.63, 3.8) is 0 Å². The second-order valence-electron chi connectivity index (χ2n) is 3.97. The molecule has 0 amide bonds. The molecule has 0 atom stereocenters. The number of benzene rings is 1. The molecule has 14 heavy (non-hydrogen) atoms. The highest BCUT2D eigenvalue weighted by molar-refractivity contribution is 6.70. The van der Waals surface area contributed by atoms with Gasteiger partial charge in [0.05, 0.1) is 16.7 Å². The van der Waals surface area contributed by atoms with E-state index in [4.69, 9.17) is 21.3 Å². The van der Waals surface area contributed by atoms with E-state index in [9.17, 15) is 0 Å². The molecule has 0 fully saturated rings. The molecule has 0 radical (unpaired) electrons. The number of hydrogen-bond acceptors (Lipinski definition) is 2. The molecule has 0 N–H and O–H groups in total. The van der Waals surface area contributed by atoms with E-state index in [1.165, 1.54) is 0 Å². The Kier molecular flexibility index (Phi) is 3.20. The molecule has 1 rings (SSSR count). The van der Waals surface area contributed by atoms with Crippen LogP contribution in [-0.2, 0) is 0 Å². The van der Waals surface area contributed by atoms with Crippen molar-refractivity contribution < 1.29 is 4.43 Å². The predicted octanol–water partition coefficient (Wildman–Crippen LogP) is 3.43. The zero-order valence-corrected chi connectivity index (χ0v) is 10.2. The van der Waals surface area contributed by atoms with Crippen molar-refractivity contribution >= 4 is 19.9 Å². The quantitative estimate of drug-likeness (QED) is 0.723. The lowest BCUT2D eigenvalue weighted by Gasteiger charge is -2.19. The van der Waals surface area contributed by atoms with E-state index in [0.29, 0.717) is 16.3 Å². The predicted molar refractivity (Wildman–Crippen MR) is 60.1 cm³/mol. The van der Waals surface area contributed by atoms with Crippen molar-refractivity contribution in [3.8, 4) is 11.8 Å². The van der Waals surface area contributed by atoms with Crippen LogP contribution in [0.25, 0.3) is 0 Å². The van der Waals surface area contributed by atoms with E-state index in [1.807, 2.05) is 6.07 Å². The van der Waals surface area contributed by atoms with Crippen LogP contribution in [0.3, 0.4) is 0 Å². The minimum atomic E-state index is -1.62. The van der Waals surface area contributed by atoms with Gasteiger partial charge in [-0.1, -0.05) is 11.6 Å². The highest BCUT2D eigenvalue weighted by Crippen LogP contribution is 2.27. The van der Waals surface area contributed by atoms with Gasteiger partial charge in [-0.25, -0.2) is 0 Å². The van der Waals surface area contributed by atoms with E-state index < -0.39 is 8.32 Å². The number of halogens is 1. The maximum Gasteiger partial charge on any atom is 0.242 e. The molecule has 0 unspecified atom stereocenters. The van der Waals surface area contributed by atoms with Gasteiger partial charge in [-0.05, 0) is 37.8 Å². The van der Waals surface area contributed by atoms with Gasteiger partial charge in [0.25, 0.3) is 0 Å². The molecule has 0 aromatic heterocycles. The maximum absolute atomic E-state index is 8.64. The minimum Gasteiger partial charge on any atom is -0.543 e. The molecule has 0 aliphatic carbocycles.